The number of hydrogen-bond acceptors (Lipinski definition) is 4. The van der Waals surface area contributed by atoms with Gasteiger partial charge in [0, 0.05) is 29.9 Å². The summed E-state index contributed by atoms with van der Waals surface area (Å²) >= 11 is 7.35. The third-order valence-corrected chi connectivity index (χ3v) is 5.35. The number of methoxy groups -OCH3 is 1. The number of carbonyl (C=O) groups is 2. The lowest BCUT2D eigenvalue weighted by Crippen LogP contribution is -2.34. The summed E-state index contributed by atoms with van der Waals surface area (Å²) in [4.78, 5) is 26.9. The zero-order valence-corrected chi connectivity index (χ0v) is 20.3. The maximum atomic E-state index is 12.6. The predicted octanol–water partition coefficient (Wildman–Crippen LogP) is 4.69. The summed E-state index contributed by atoms with van der Waals surface area (Å²) in [6, 6.07) is 12.2. The van der Waals surface area contributed by atoms with E-state index in [1.54, 1.807) is 49.6 Å². The van der Waals surface area contributed by atoms with Crippen LogP contribution >= 0.6 is 34.8 Å². The molecule has 0 unspecified atom stereocenters. The Morgan fingerprint density at radius 2 is 1.63 bits per heavy atom. The molecule has 0 aromatic heterocycles. The lowest BCUT2D eigenvalue weighted by molar-refractivity contribution is 0.0755. The molecule has 2 rings (SSSR count). The quantitative estimate of drug-likeness (QED) is 0.377. The monoisotopic (exact) mass is 539 g/mol. The summed E-state index contributed by atoms with van der Waals surface area (Å²) < 4.78 is 6.04. The molecule has 0 heterocycles. The van der Waals surface area contributed by atoms with E-state index >= 15 is 0 Å². The Morgan fingerprint density at radius 1 is 1.03 bits per heavy atom. The number of amides is 2. The Balaban J connectivity index is 1.98. The molecule has 2 aromatic carbocycles. The molecule has 0 saturated heterocycles. The Bertz CT molecular complexity index is 897. The Hall–Kier alpha value is -2.20. The van der Waals surface area contributed by atoms with Crippen molar-refractivity contribution in [3.63, 3.8) is 0 Å². The van der Waals surface area contributed by atoms with Gasteiger partial charge in [-0.1, -0.05) is 13.8 Å². The van der Waals surface area contributed by atoms with E-state index in [4.69, 9.17) is 17.0 Å². The van der Waals surface area contributed by atoms with Crippen LogP contribution in [0.3, 0.4) is 0 Å². The third kappa shape index (κ3) is 6.66. The minimum atomic E-state index is -0.311. The number of ether oxygens (including phenoxy) is 1. The molecule has 0 spiro atoms. The van der Waals surface area contributed by atoms with Gasteiger partial charge in [0.1, 0.15) is 5.75 Å². The summed E-state index contributed by atoms with van der Waals surface area (Å²) in [7, 11) is 1.58. The molecule has 6 nitrogen and oxygen atoms in total. The molecule has 0 aliphatic heterocycles. The predicted molar refractivity (Wildman–Crippen MR) is 132 cm³/mol. The van der Waals surface area contributed by atoms with Crippen molar-refractivity contribution < 1.29 is 14.3 Å². The van der Waals surface area contributed by atoms with Crippen LogP contribution in [0.15, 0.2) is 42.5 Å². The lowest BCUT2D eigenvalue weighted by Gasteiger charge is -2.21. The molecule has 0 aliphatic carbocycles. The SMILES string of the molecule is CCCN(CCC)C(=O)c1ccc(NC(=S)NC(=O)c2ccc(OC)c(I)c2)cc1. The van der Waals surface area contributed by atoms with Gasteiger partial charge in [-0.3, -0.25) is 14.9 Å². The van der Waals surface area contributed by atoms with Crippen LogP contribution in [0.5, 0.6) is 5.75 Å². The molecule has 2 aromatic rings. The van der Waals surface area contributed by atoms with Gasteiger partial charge in [-0.05, 0) is 90.1 Å². The third-order valence-electron chi connectivity index (χ3n) is 4.31. The molecular formula is C22H26IN3O3S. The van der Waals surface area contributed by atoms with Gasteiger partial charge in [0.2, 0.25) is 0 Å². The van der Waals surface area contributed by atoms with Crippen LogP contribution < -0.4 is 15.4 Å². The van der Waals surface area contributed by atoms with Crippen molar-refractivity contribution >= 4 is 57.4 Å². The standard InChI is InChI=1S/C22H26IN3O3S/c1-4-12-26(13-5-2)21(28)15-6-9-17(10-7-15)24-22(30)25-20(27)16-8-11-19(29-3)18(23)14-16/h6-11,14H,4-5,12-13H2,1-3H3,(H2,24,25,27,30). The van der Waals surface area contributed by atoms with E-state index in [1.807, 2.05) is 4.90 Å². The molecule has 30 heavy (non-hydrogen) atoms. The zero-order chi connectivity index (χ0) is 22.1. The number of nitrogens with one attached hydrogen (secondary N) is 2. The molecule has 2 N–H and O–H groups in total. The number of thiocarbonyl (C=S) groups is 1. The number of halogens is 1. The normalized spacial score (nSPS) is 10.3. The largest absolute Gasteiger partial charge is 0.496 e. The molecule has 2 amide bonds. The van der Waals surface area contributed by atoms with Gasteiger partial charge in [-0.15, -0.1) is 0 Å². The van der Waals surface area contributed by atoms with Gasteiger partial charge in [0.05, 0.1) is 10.7 Å². The highest BCUT2D eigenvalue weighted by atomic mass is 127. The summed E-state index contributed by atoms with van der Waals surface area (Å²) in [5, 5.41) is 5.82. The van der Waals surface area contributed by atoms with Gasteiger partial charge >= 0.3 is 0 Å². The zero-order valence-electron chi connectivity index (χ0n) is 17.3. The second-order valence-corrected chi connectivity index (χ2v) is 8.20. The molecule has 0 aliphatic rings. The summed E-state index contributed by atoms with van der Waals surface area (Å²) in [5.74, 6) is 0.420. The molecule has 0 radical (unpaired) electrons. The van der Waals surface area contributed by atoms with Crippen molar-refractivity contribution in [2.75, 3.05) is 25.5 Å². The summed E-state index contributed by atoms with van der Waals surface area (Å²) in [6.07, 6.45) is 1.85. The first kappa shape index (κ1) is 24.1. The fraction of sp³-hybridized carbons (Fsp3) is 0.318. The highest BCUT2D eigenvalue weighted by Gasteiger charge is 2.14. The van der Waals surface area contributed by atoms with Crippen LogP contribution in [0.4, 0.5) is 5.69 Å². The second-order valence-electron chi connectivity index (χ2n) is 6.63. The first-order valence-electron chi connectivity index (χ1n) is 9.74. The number of anilines is 1. The van der Waals surface area contributed by atoms with Crippen molar-refractivity contribution in [1.29, 1.82) is 0 Å². The van der Waals surface area contributed by atoms with E-state index < -0.39 is 0 Å². The van der Waals surface area contributed by atoms with Crippen LogP contribution in [0.25, 0.3) is 0 Å². The summed E-state index contributed by atoms with van der Waals surface area (Å²) in [5.41, 5.74) is 1.81. The maximum absolute atomic E-state index is 12.6. The minimum absolute atomic E-state index is 0.0234. The average Bonchev–Trinajstić information content (AvgIpc) is 2.73. The summed E-state index contributed by atoms with van der Waals surface area (Å²) in [6.45, 7) is 5.61. The Labute approximate surface area is 196 Å². The van der Waals surface area contributed by atoms with Crippen molar-refractivity contribution in [3.8, 4) is 5.75 Å². The van der Waals surface area contributed by atoms with Crippen LogP contribution in [0.2, 0.25) is 0 Å². The van der Waals surface area contributed by atoms with Gasteiger partial charge in [-0.2, -0.15) is 0 Å². The highest BCUT2D eigenvalue weighted by Crippen LogP contribution is 2.21. The van der Waals surface area contributed by atoms with Crippen molar-refractivity contribution in [3.05, 3.63) is 57.2 Å². The number of carbonyl (C=O) groups excluding carboxylic acids is 2. The van der Waals surface area contributed by atoms with E-state index in [1.165, 1.54) is 0 Å². The molecule has 0 bridgehead atoms. The highest BCUT2D eigenvalue weighted by molar-refractivity contribution is 14.1. The van der Waals surface area contributed by atoms with Gasteiger partial charge in [0.15, 0.2) is 5.11 Å². The smallest absolute Gasteiger partial charge is 0.257 e. The fourth-order valence-electron chi connectivity index (χ4n) is 2.88. The number of hydrogen-bond donors (Lipinski definition) is 2. The van der Waals surface area contributed by atoms with E-state index in [2.05, 4.69) is 47.1 Å². The van der Waals surface area contributed by atoms with Crippen molar-refractivity contribution in [1.82, 2.24) is 10.2 Å². The molecule has 160 valence electrons. The molecular weight excluding hydrogens is 513 g/mol. The average molecular weight is 539 g/mol. The second kappa shape index (κ2) is 11.8. The van der Waals surface area contributed by atoms with E-state index in [0.717, 1.165) is 29.5 Å². The number of rotatable bonds is 8. The Morgan fingerprint density at radius 3 is 2.17 bits per heavy atom. The Kier molecular flexibility index (Phi) is 9.51. The first-order chi connectivity index (χ1) is 14.4. The van der Waals surface area contributed by atoms with E-state index in [9.17, 15) is 9.59 Å². The van der Waals surface area contributed by atoms with Gasteiger partial charge in [0.25, 0.3) is 11.8 Å². The van der Waals surface area contributed by atoms with Crippen LogP contribution in [-0.4, -0.2) is 42.0 Å². The van der Waals surface area contributed by atoms with Crippen LogP contribution in [0.1, 0.15) is 47.4 Å². The molecule has 8 heteroatoms. The molecule has 0 fully saturated rings. The van der Waals surface area contributed by atoms with Crippen LogP contribution in [-0.2, 0) is 0 Å². The van der Waals surface area contributed by atoms with Crippen LogP contribution in [0, 0.1) is 3.57 Å². The first-order valence-corrected chi connectivity index (χ1v) is 11.2. The topological polar surface area (TPSA) is 70.7 Å². The maximum Gasteiger partial charge on any atom is 0.257 e. The minimum Gasteiger partial charge on any atom is -0.496 e. The van der Waals surface area contributed by atoms with Gasteiger partial charge < -0.3 is 15.0 Å². The van der Waals surface area contributed by atoms with Gasteiger partial charge in [-0.25, -0.2) is 0 Å². The number of benzene rings is 2. The van der Waals surface area contributed by atoms with E-state index in [-0.39, 0.29) is 16.9 Å². The van der Waals surface area contributed by atoms with E-state index in [0.29, 0.717) is 22.6 Å². The number of nitrogens with zero attached hydrogens (tertiary/aromatic N) is 1. The lowest BCUT2D eigenvalue weighted by atomic mass is 10.1. The fourth-order valence-corrected chi connectivity index (χ4v) is 3.82. The molecule has 0 saturated carbocycles. The van der Waals surface area contributed by atoms with Crippen molar-refractivity contribution in [2.45, 2.75) is 26.7 Å². The molecule has 0 atom stereocenters. The van der Waals surface area contributed by atoms with Crippen molar-refractivity contribution in [2.24, 2.45) is 0 Å².